The molecule has 1 aromatic rings. The molecule has 0 aliphatic heterocycles. The first-order valence-corrected chi connectivity index (χ1v) is 5.16. The Balaban J connectivity index is 3.24. The highest BCUT2D eigenvalue weighted by Crippen LogP contribution is 2.25. The molecule has 0 spiro atoms. The van der Waals surface area contributed by atoms with Gasteiger partial charge in [0.05, 0.1) is 12.2 Å². The fourth-order valence-electron chi connectivity index (χ4n) is 1.52. The van der Waals surface area contributed by atoms with Gasteiger partial charge in [0.25, 0.3) is 6.43 Å². The number of pyridine rings is 1. The maximum absolute atomic E-state index is 12.6. The van der Waals surface area contributed by atoms with Crippen molar-refractivity contribution in [2.75, 3.05) is 6.61 Å². The second-order valence-electron chi connectivity index (χ2n) is 3.39. The van der Waals surface area contributed by atoms with Crippen molar-refractivity contribution in [3.8, 4) is 0 Å². The van der Waals surface area contributed by atoms with Gasteiger partial charge in [-0.1, -0.05) is 0 Å². The van der Waals surface area contributed by atoms with Crippen molar-refractivity contribution >= 4 is 5.97 Å². The molecule has 0 saturated heterocycles. The van der Waals surface area contributed by atoms with Gasteiger partial charge >= 0.3 is 5.97 Å². The summed E-state index contributed by atoms with van der Waals surface area (Å²) in [5.41, 5.74) is 5.81. The topological polar surface area (TPSA) is 65.2 Å². The number of rotatable bonds is 4. The number of esters is 1. The van der Waals surface area contributed by atoms with Crippen molar-refractivity contribution in [2.24, 2.45) is 5.73 Å². The summed E-state index contributed by atoms with van der Waals surface area (Å²) in [4.78, 5) is 15.1. The number of nitrogens with two attached hydrogens (primary N) is 1. The monoisotopic (exact) mass is 244 g/mol. The summed E-state index contributed by atoms with van der Waals surface area (Å²) in [5, 5.41) is 0. The standard InChI is InChI=1S/C11H14F2N2O2/c1-3-17-11(16)8-5-15-9(10(12)13)7(4-14)6(8)2/h5,10H,3-4,14H2,1-2H3. The zero-order valence-corrected chi connectivity index (χ0v) is 9.67. The first kappa shape index (κ1) is 13.5. The third-order valence-corrected chi connectivity index (χ3v) is 2.40. The molecule has 0 amide bonds. The normalized spacial score (nSPS) is 10.7. The molecule has 6 heteroatoms. The molecule has 94 valence electrons. The van der Waals surface area contributed by atoms with Crippen LogP contribution in [-0.4, -0.2) is 17.6 Å². The van der Waals surface area contributed by atoms with Crippen LogP contribution in [-0.2, 0) is 11.3 Å². The molecule has 2 N–H and O–H groups in total. The van der Waals surface area contributed by atoms with E-state index in [0.717, 1.165) is 6.20 Å². The molecular weight excluding hydrogens is 230 g/mol. The van der Waals surface area contributed by atoms with E-state index in [2.05, 4.69) is 4.98 Å². The lowest BCUT2D eigenvalue weighted by Gasteiger charge is -2.12. The molecule has 0 aromatic carbocycles. The summed E-state index contributed by atoms with van der Waals surface area (Å²) in [5.74, 6) is -0.576. The van der Waals surface area contributed by atoms with Gasteiger partial charge in [-0.3, -0.25) is 4.98 Å². The van der Waals surface area contributed by atoms with Gasteiger partial charge in [0.15, 0.2) is 0 Å². The van der Waals surface area contributed by atoms with Crippen molar-refractivity contribution < 1.29 is 18.3 Å². The summed E-state index contributed by atoms with van der Waals surface area (Å²) in [6.07, 6.45) is -1.60. The van der Waals surface area contributed by atoms with Crippen LogP contribution >= 0.6 is 0 Å². The lowest BCUT2D eigenvalue weighted by atomic mass is 10.0. The first-order valence-electron chi connectivity index (χ1n) is 5.16. The quantitative estimate of drug-likeness (QED) is 0.822. The molecule has 0 aliphatic rings. The Hall–Kier alpha value is -1.56. The lowest BCUT2D eigenvalue weighted by molar-refractivity contribution is 0.0524. The van der Waals surface area contributed by atoms with E-state index in [1.54, 1.807) is 13.8 Å². The smallest absolute Gasteiger partial charge is 0.339 e. The number of halogens is 2. The van der Waals surface area contributed by atoms with Gasteiger partial charge in [0.1, 0.15) is 5.69 Å². The summed E-state index contributed by atoms with van der Waals surface area (Å²) in [7, 11) is 0. The van der Waals surface area contributed by atoms with E-state index in [1.807, 2.05) is 0 Å². The number of carbonyl (C=O) groups is 1. The Morgan fingerprint density at radius 2 is 2.24 bits per heavy atom. The largest absolute Gasteiger partial charge is 0.462 e. The van der Waals surface area contributed by atoms with Gasteiger partial charge in [-0.2, -0.15) is 0 Å². The molecule has 0 bridgehead atoms. The number of aromatic nitrogens is 1. The fourth-order valence-corrected chi connectivity index (χ4v) is 1.52. The summed E-state index contributed by atoms with van der Waals surface area (Å²) < 4.78 is 30.1. The van der Waals surface area contributed by atoms with Gasteiger partial charge in [-0.05, 0) is 25.0 Å². The number of hydrogen-bond acceptors (Lipinski definition) is 4. The molecule has 17 heavy (non-hydrogen) atoms. The number of nitrogens with zero attached hydrogens (tertiary/aromatic N) is 1. The van der Waals surface area contributed by atoms with Gasteiger partial charge in [0, 0.05) is 12.7 Å². The maximum atomic E-state index is 12.6. The SMILES string of the molecule is CCOC(=O)c1cnc(C(F)F)c(CN)c1C. The zero-order chi connectivity index (χ0) is 13.0. The van der Waals surface area contributed by atoms with Crippen molar-refractivity contribution in [3.05, 3.63) is 28.6 Å². The lowest BCUT2D eigenvalue weighted by Crippen LogP contribution is -2.14. The van der Waals surface area contributed by atoms with E-state index < -0.39 is 12.4 Å². The minimum Gasteiger partial charge on any atom is -0.462 e. The Labute approximate surface area is 97.8 Å². The number of alkyl halides is 2. The molecule has 0 aliphatic carbocycles. The highest BCUT2D eigenvalue weighted by molar-refractivity contribution is 5.91. The van der Waals surface area contributed by atoms with E-state index >= 15 is 0 Å². The average Bonchev–Trinajstić information content (AvgIpc) is 2.28. The van der Waals surface area contributed by atoms with Crippen molar-refractivity contribution in [2.45, 2.75) is 26.8 Å². The van der Waals surface area contributed by atoms with Crippen LogP contribution in [0.3, 0.4) is 0 Å². The number of ether oxygens (including phenoxy) is 1. The second-order valence-corrected chi connectivity index (χ2v) is 3.39. The minimum atomic E-state index is -2.71. The van der Waals surface area contributed by atoms with E-state index in [4.69, 9.17) is 10.5 Å². The van der Waals surface area contributed by atoms with Crippen molar-refractivity contribution in [1.29, 1.82) is 0 Å². The summed E-state index contributed by atoms with van der Waals surface area (Å²) >= 11 is 0. The van der Waals surface area contributed by atoms with Crippen molar-refractivity contribution in [1.82, 2.24) is 4.98 Å². The van der Waals surface area contributed by atoms with Gasteiger partial charge < -0.3 is 10.5 Å². The maximum Gasteiger partial charge on any atom is 0.339 e. The molecule has 1 aromatic heterocycles. The first-order chi connectivity index (χ1) is 8.02. The van der Waals surface area contributed by atoms with Crippen LogP contribution in [0.2, 0.25) is 0 Å². The van der Waals surface area contributed by atoms with Crippen LogP contribution < -0.4 is 5.73 Å². The Morgan fingerprint density at radius 1 is 1.59 bits per heavy atom. The molecule has 0 unspecified atom stereocenters. The van der Waals surface area contributed by atoms with E-state index in [-0.39, 0.29) is 30.0 Å². The number of carbonyl (C=O) groups excluding carboxylic acids is 1. The van der Waals surface area contributed by atoms with Crippen LogP contribution in [0.1, 0.15) is 40.5 Å². The highest BCUT2D eigenvalue weighted by Gasteiger charge is 2.20. The Morgan fingerprint density at radius 3 is 2.71 bits per heavy atom. The third-order valence-electron chi connectivity index (χ3n) is 2.40. The Kier molecular flexibility index (Phi) is 4.51. The molecule has 0 saturated carbocycles. The van der Waals surface area contributed by atoms with E-state index in [1.165, 1.54) is 0 Å². The van der Waals surface area contributed by atoms with Crippen molar-refractivity contribution in [3.63, 3.8) is 0 Å². The fraction of sp³-hybridized carbons (Fsp3) is 0.455. The van der Waals surface area contributed by atoms with E-state index in [9.17, 15) is 13.6 Å². The van der Waals surface area contributed by atoms with Crippen LogP contribution in [0.4, 0.5) is 8.78 Å². The molecule has 0 fully saturated rings. The molecule has 1 heterocycles. The predicted octanol–water partition coefficient (Wildman–Crippen LogP) is 1.96. The second kappa shape index (κ2) is 5.67. The average molecular weight is 244 g/mol. The van der Waals surface area contributed by atoms with Gasteiger partial charge in [-0.15, -0.1) is 0 Å². The highest BCUT2D eigenvalue weighted by atomic mass is 19.3. The van der Waals surface area contributed by atoms with Gasteiger partial charge in [0.2, 0.25) is 0 Å². The third kappa shape index (κ3) is 2.76. The summed E-state index contributed by atoms with van der Waals surface area (Å²) in [6.45, 7) is 3.35. The minimum absolute atomic E-state index is 0.0915. The molecule has 1 rings (SSSR count). The molecule has 4 nitrogen and oxygen atoms in total. The number of hydrogen-bond donors (Lipinski definition) is 1. The van der Waals surface area contributed by atoms with Crippen LogP contribution in [0, 0.1) is 6.92 Å². The van der Waals surface area contributed by atoms with Crippen LogP contribution in [0.15, 0.2) is 6.20 Å². The molecular formula is C11H14F2N2O2. The van der Waals surface area contributed by atoms with Crippen LogP contribution in [0.5, 0.6) is 0 Å². The van der Waals surface area contributed by atoms with Crippen LogP contribution in [0.25, 0.3) is 0 Å². The zero-order valence-electron chi connectivity index (χ0n) is 9.67. The Bertz CT molecular complexity index is 422. The van der Waals surface area contributed by atoms with Gasteiger partial charge in [-0.25, -0.2) is 13.6 Å². The molecule has 0 radical (unpaired) electrons. The molecule has 0 atom stereocenters. The predicted molar refractivity (Wildman–Crippen MR) is 57.8 cm³/mol. The van der Waals surface area contributed by atoms with E-state index in [0.29, 0.717) is 5.56 Å². The summed E-state index contributed by atoms with van der Waals surface area (Å²) in [6, 6.07) is 0.